The highest BCUT2D eigenvalue weighted by molar-refractivity contribution is 7.98. The minimum absolute atomic E-state index is 0.188. The van der Waals surface area contributed by atoms with Crippen molar-refractivity contribution in [2.24, 2.45) is 0 Å². The van der Waals surface area contributed by atoms with Crippen LogP contribution in [0.2, 0.25) is 0 Å². The van der Waals surface area contributed by atoms with Crippen molar-refractivity contribution in [2.45, 2.75) is 51.4 Å². The monoisotopic (exact) mass is 309 g/mol. The van der Waals surface area contributed by atoms with Gasteiger partial charge in [0.25, 0.3) is 0 Å². The lowest BCUT2D eigenvalue weighted by Gasteiger charge is -2.30. The van der Waals surface area contributed by atoms with Gasteiger partial charge >= 0.3 is 5.97 Å². The number of hydrogen-bond donors (Lipinski definition) is 1. The van der Waals surface area contributed by atoms with Gasteiger partial charge in [-0.25, -0.2) is 0 Å². The second-order valence-corrected chi connectivity index (χ2v) is 7.02. The van der Waals surface area contributed by atoms with Crippen LogP contribution in [0.3, 0.4) is 0 Å². The zero-order valence-electron chi connectivity index (χ0n) is 13.7. The molecule has 21 heavy (non-hydrogen) atoms. The molecule has 0 aliphatic carbocycles. The SMILES string of the molecule is COC(=O)C(C)(CCSCc1cccc(C)c1)NC(C)C. The van der Waals surface area contributed by atoms with Crippen molar-refractivity contribution in [3.63, 3.8) is 0 Å². The Kier molecular flexibility index (Phi) is 7.26. The first-order chi connectivity index (χ1) is 9.87. The van der Waals surface area contributed by atoms with Crippen LogP contribution in [-0.4, -0.2) is 30.4 Å². The smallest absolute Gasteiger partial charge is 0.325 e. The maximum absolute atomic E-state index is 12.0. The molecule has 1 aromatic rings. The van der Waals surface area contributed by atoms with Gasteiger partial charge in [-0.15, -0.1) is 0 Å². The third kappa shape index (κ3) is 6.10. The molecule has 0 saturated carbocycles. The minimum Gasteiger partial charge on any atom is -0.468 e. The van der Waals surface area contributed by atoms with E-state index in [-0.39, 0.29) is 12.0 Å². The average molecular weight is 309 g/mol. The number of thioether (sulfide) groups is 1. The normalized spacial score (nSPS) is 14.0. The third-order valence-electron chi connectivity index (χ3n) is 3.34. The molecule has 1 N–H and O–H groups in total. The van der Waals surface area contributed by atoms with Crippen molar-refractivity contribution in [3.8, 4) is 0 Å². The topological polar surface area (TPSA) is 38.3 Å². The van der Waals surface area contributed by atoms with E-state index < -0.39 is 5.54 Å². The number of benzene rings is 1. The number of carbonyl (C=O) groups excluding carboxylic acids is 1. The van der Waals surface area contributed by atoms with Crippen LogP contribution >= 0.6 is 11.8 Å². The Morgan fingerprint density at radius 2 is 2.14 bits per heavy atom. The Balaban J connectivity index is 2.48. The Bertz CT molecular complexity index is 462. The lowest BCUT2D eigenvalue weighted by atomic mass is 9.98. The molecular weight excluding hydrogens is 282 g/mol. The highest BCUT2D eigenvalue weighted by Crippen LogP contribution is 2.20. The molecule has 0 radical (unpaired) electrons. The summed E-state index contributed by atoms with van der Waals surface area (Å²) in [6.45, 7) is 8.11. The van der Waals surface area contributed by atoms with Crippen LogP contribution in [0.4, 0.5) is 0 Å². The zero-order chi connectivity index (χ0) is 15.9. The first-order valence-electron chi connectivity index (χ1n) is 7.37. The van der Waals surface area contributed by atoms with Crippen LogP contribution in [0.5, 0.6) is 0 Å². The molecule has 1 unspecified atom stereocenters. The Morgan fingerprint density at radius 1 is 1.43 bits per heavy atom. The van der Waals surface area contributed by atoms with Crippen LogP contribution in [-0.2, 0) is 15.3 Å². The van der Waals surface area contributed by atoms with Crippen molar-refractivity contribution in [3.05, 3.63) is 35.4 Å². The van der Waals surface area contributed by atoms with Gasteiger partial charge in [-0.2, -0.15) is 11.8 Å². The number of esters is 1. The second kappa shape index (κ2) is 8.44. The number of nitrogens with one attached hydrogen (secondary N) is 1. The van der Waals surface area contributed by atoms with Crippen molar-refractivity contribution in [1.82, 2.24) is 5.32 Å². The fourth-order valence-corrected chi connectivity index (χ4v) is 3.48. The van der Waals surface area contributed by atoms with Crippen LogP contribution in [0.25, 0.3) is 0 Å². The fraction of sp³-hybridized carbons (Fsp3) is 0.588. The molecule has 1 atom stereocenters. The summed E-state index contributed by atoms with van der Waals surface area (Å²) < 4.78 is 4.94. The van der Waals surface area contributed by atoms with Crippen molar-refractivity contribution >= 4 is 17.7 Å². The van der Waals surface area contributed by atoms with Crippen LogP contribution < -0.4 is 5.32 Å². The molecule has 0 aliphatic heterocycles. The van der Waals surface area contributed by atoms with Gasteiger partial charge in [0.1, 0.15) is 5.54 Å². The van der Waals surface area contributed by atoms with Gasteiger partial charge in [0.2, 0.25) is 0 Å². The van der Waals surface area contributed by atoms with Gasteiger partial charge < -0.3 is 4.74 Å². The van der Waals surface area contributed by atoms with E-state index in [9.17, 15) is 4.79 Å². The molecule has 0 saturated heterocycles. The number of methoxy groups -OCH3 is 1. The number of hydrogen-bond acceptors (Lipinski definition) is 4. The predicted molar refractivity (Wildman–Crippen MR) is 90.7 cm³/mol. The van der Waals surface area contributed by atoms with Gasteiger partial charge in [-0.3, -0.25) is 10.1 Å². The van der Waals surface area contributed by atoms with E-state index in [0.29, 0.717) is 0 Å². The Labute approximate surface area is 132 Å². The van der Waals surface area contributed by atoms with E-state index >= 15 is 0 Å². The first kappa shape index (κ1) is 18.1. The quantitative estimate of drug-likeness (QED) is 0.589. The Hall–Kier alpha value is -1.00. The van der Waals surface area contributed by atoms with E-state index in [4.69, 9.17) is 4.74 Å². The number of aryl methyl sites for hydroxylation is 1. The summed E-state index contributed by atoms with van der Waals surface area (Å²) in [4.78, 5) is 12.0. The van der Waals surface area contributed by atoms with E-state index in [2.05, 4.69) is 36.5 Å². The van der Waals surface area contributed by atoms with Gasteiger partial charge in [0.15, 0.2) is 0 Å². The van der Waals surface area contributed by atoms with Gasteiger partial charge in [0, 0.05) is 11.8 Å². The Morgan fingerprint density at radius 3 is 2.71 bits per heavy atom. The van der Waals surface area contributed by atoms with Crippen molar-refractivity contribution < 1.29 is 9.53 Å². The summed E-state index contributed by atoms with van der Waals surface area (Å²) in [5.41, 5.74) is 2.01. The van der Waals surface area contributed by atoms with E-state index in [1.54, 1.807) is 0 Å². The molecular formula is C17H27NO2S. The third-order valence-corrected chi connectivity index (χ3v) is 4.37. The maximum Gasteiger partial charge on any atom is 0.325 e. The summed E-state index contributed by atoms with van der Waals surface area (Å²) >= 11 is 1.85. The number of rotatable bonds is 8. The molecule has 1 aromatic carbocycles. The maximum atomic E-state index is 12.0. The molecule has 0 bridgehead atoms. The molecule has 0 aromatic heterocycles. The summed E-state index contributed by atoms with van der Waals surface area (Å²) in [5.74, 6) is 1.70. The molecule has 4 heteroatoms. The van der Waals surface area contributed by atoms with Crippen LogP contribution in [0, 0.1) is 6.92 Å². The van der Waals surface area contributed by atoms with Crippen molar-refractivity contribution in [2.75, 3.05) is 12.9 Å². The van der Waals surface area contributed by atoms with E-state index in [1.165, 1.54) is 18.2 Å². The summed E-state index contributed by atoms with van der Waals surface area (Å²) in [6, 6.07) is 8.79. The lowest BCUT2D eigenvalue weighted by molar-refractivity contribution is -0.148. The number of ether oxygens (including phenoxy) is 1. The summed E-state index contributed by atoms with van der Waals surface area (Å²) in [7, 11) is 1.45. The van der Waals surface area contributed by atoms with Crippen LogP contribution in [0.15, 0.2) is 24.3 Å². The minimum atomic E-state index is -0.609. The van der Waals surface area contributed by atoms with Gasteiger partial charge in [0.05, 0.1) is 7.11 Å². The highest BCUT2D eigenvalue weighted by atomic mass is 32.2. The summed E-state index contributed by atoms with van der Waals surface area (Å²) in [6.07, 6.45) is 0.758. The zero-order valence-corrected chi connectivity index (χ0v) is 14.5. The van der Waals surface area contributed by atoms with E-state index in [0.717, 1.165) is 17.9 Å². The second-order valence-electron chi connectivity index (χ2n) is 5.91. The van der Waals surface area contributed by atoms with Crippen LogP contribution in [0.1, 0.15) is 38.3 Å². The first-order valence-corrected chi connectivity index (χ1v) is 8.52. The van der Waals surface area contributed by atoms with Crippen molar-refractivity contribution in [1.29, 1.82) is 0 Å². The molecule has 3 nitrogen and oxygen atoms in total. The molecule has 0 spiro atoms. The van der Waals surface area contributed by atoms with Gasteiger partial charge in [-0.1, -0.05) is 29.8 Å². The lowest BCUT2D eigenvalue weighted by Crippen LogP contribution is -2.53. The molecule has 0 aliphatic rings. The average Bonchev–Trinajstić information content (AvgIpc) is 2.42. The number of carbonyl (C=O) groups is 1. The van der Waals surface area contributed by atoms with E-state index in [1.807, 2.05) is 32.5 Å². The fourth-order valence-electron chi connectivity index (χ4n) is 2.36. The molecule has 0 heterocycles. The largest absolute Gasteiger partial charge is 0.468 e. The molecule has 0 fully saturated rings. The molecule has 1 rings (SSSR count). The molecule has 0 amide bonds. The molecule has 118 valence electrons. The summed E-state index contributed by atoms with van der Waals surface area (Å²) in [5, 5.41) is 3.33. The van der Waals surface area contributed by atoms with Gasteiger partial charge in [-0.05, 0) is 45.4 Å². The standard InChI is InChI=1S/C17H27NO2S/c1-13(2)18-17(4,16(19)20-5)9-10-21-12-15-8-6-7-14(3)11-15/h6-8,11,13,18H,9-10,12H2,1-5H3. The highest BCUT2D eigenvalue weighted by Gasteiger charge is 2.34. The predicted octanol–water partition coefficient (Wildman–Crippen LogP) is 3.55.